The van der Waals surface area contributed by atoms with Crippen LogP contribution in [-0.2, 0) is 19.1 Å². The first-order valence-electron chi connectivity index (χ1n) is 16.5. The van der Waals surface area contributed by atoms with E-state index in [-0.39, 0.29) is 74.1 Å². The van der Waals surface area contributed by atoms with E-state index < -0.39 is 53.3 Å². The van der Waals surface area contributed by atoms with Crippen LogP contribution < -0.4 is 24.8 Å². The number of rotatable bonds is 10. The Morgan fingerprint density at radius 3 is 1.93 bits per heavy atom. The summed E-state index contributed by atoms with van der Waals surface area (Å²) in [7, 11) is 0. The summed E-state index contributed by atoms with van der Waals surface area (Å²) in [5.41, 5.74) is -0.284. The van der Waals surface area contributed by atoms with E-state index in [0.717, 1.165) is 24.3 Å². The molecule has 1 atom stereocenters. The topological polar surface area (TPSA) is 253 Å². The molecule has 17 heteroatoms. The highest BCUT2D eigenvalue weighted by Crippen LogP contribution is 2.39. The maximum Gasteiger partial charge on any atom is 0.364 e. The van der Waals surface area contributed by atoms with Gasteiger partial charge in [0.1, 0.15) is 23.1 Å². The van der Waals surface area contributed by atoms with Crippen molar-refractivity contribution in [2.45, 2.75) is 19.8 Å². The minimum atomic E-state index is -1.38. The van der Waals surface area contributed by atoms with Crippen molar-refractivity contribution in [2.75, 3.05) is 13.2 Å². The Bertz CT molecular complexity index is 2620. The summed E-state index contributed by atoms with van der Waals surface area (Å²) in [6, 6.07) is 20.2. The Labute approximate surface area is 315 Å². The van der Waals surface area contributed by atoms with E-state index in [0.29, 0.717) is 9.46 Å². The highest BCUT2D eigenvalue weighted by Gasteiger charge is 2.30. The molecule has 2 aromatic heterocycles. The average Bonchev–Trinajstić information content (AvgIpc) is 3.67. The Kier molecular flexibility index (Phi) is 10.4. The number of nitrogens with zero attached hydrogens (tertiary/aromatic N) is 4. The number of ether oxygens (including phenoxy) is 3. The van der Waals surface area contributed by atoms with Gasteiger partial charge in [0.15, 0.2) is 5.92 Å². The van der Waals surface area contributed by atoms with E-state index in [9.17, 15) is 50.1 Å². The highest BCUT2D eigenvalue weighted by molar-refractivity contribution is 6.15. The van der Waals surface area contributed by atoms with Crippen LogP contribution in [0.4, 0.5) is 0 Å². The van der Waals surface area contributed by atoms with Crippen molar-refractivity contribution < 1.29 is 63.5 Å². The zero-order valence-electron chi connectivity index (χ0n) is 29.2. The largest absolute Gasteiger partial charge is 0.492 e. The lowest BCUT2D eigenvalue weighted by Gasteiger charge is -2.24. The van der Waals surface area contributed by atoms with E-state index in [1.54, 1.807) is 13.8 Å². The monoisotopic (exact) mass is 760 g/mol. The van der Waals surface area contributed by atoms with Crippen molar-refractivity contribution in [3.05, 3.63) is 117 Å². The smallest absolute Gasteiger partial charge is 0.364 e. The normalized spacial score (nSPS) is 12.4. The van der Waals surface area contributed by atoms with Crippen LogP contribution in [-0.4, -0.2) is 67.0 Å². The number of carbonyl (C=O) groups excluding carboxylic acids is 4. The summed E-state index contributed by atoms with van der Waals surface area (Å²) in [6.45, 7) is 3.14. The van der Waals surface area contributed by atoms with Gasteiger partial charge in [-0.3, -0.25) is 4.79 Å². The van der Waals surface area contributed by atoms with Gasteiger partial charge < -0.3 is 44.3 Å². The molecular weight excluding hydrogens is 732 g/mol. The molecule has 0 bridgehead atoms. The summed E-state index contributed by atoms with van der Waals surface area (Å²) in [6.07, 6.45) is 0. The lowest BCUT2D eigenvalue weighted by Crippen LogP contribution is -2.26. The van der Waals surface area contributed by atoms with Gasteiger partial charge in [0.2, 0.25) is 23.5 Å². The predicted molar refractivity (Wildman–Crippen MR) is 188 cm³/mol. The molecule has 0 saturated heterocycles. The zero-order chi connectivity index (χ0) is 40.3. The second kappa shape index (κ2) is 15.4. The van der Waals surface area contributed by atoms with Crippen LogP contribution in [0.5, 0.6) is 35.0 Å². The van der Waals surface area contributed by atoms with Crippen molar-refractivity contribution in [1.82, 2.24) is 9.46 Å². The lowest BCUT2D eigenvalue weighted by atomic mass is 9.87. The minimum absolute atomic E-state index is 0.00447. The van der Waals surface area contributed by atoms with Crippen LogP contribution in [0.3, 0.4) is 0 Å². The first kappa shape index (κ1) is 37.6. The number of esters is 2. The summed E-state index contributed by atoms with van der Waals surface area (Å²) < 4.78 is 17.3. The maximum atomic E-state index is 13.9. The SMILES string of the molecule is CCOC(=O)C(C#N)=c1ccc2c(c1)Oc1cc(C(C#N)C(=O)OCC)ccc1C=2c1cc(C(=O)On2c(O)ccc2O)ccc1C(=O)On1c(O)ccc1O. The number of hydrogen-bond acceptors (Lipinski definition) is 15. The molecule has 4 N–H and O–H groups in total. The van der Waals surface area contributed by atoms with Gasteiger partial charge in [-0.1, -0.05) is 18.2 Å². The van der Waals surface area contributed by atoms with Crippen molar-refractivity contribution in [3.8, 4) is 47.2 Å². The molecule has 3 aromatic carbocycles. The Morgan fingerprint density at radius 2 is 1.34 bits per heavy atom. The van der Waals surface area contributed by atoms with Crippen LogP contribution >= 0.6 is 0 Å². The third-order valence-electron chi connectivity index (χ3n) is 8.30. The average molecular weight is 761 g/mol. The van der Waals surface area contributed by atoms with Gasteiger partial charge in [-0.15, -0.1) is 9.46 Å². The number of carbonyl (C=O) groups is 4. The van der Waals surface area contributed by atoms with Crippen LogP contribution in [0.15, 0.2) is 78.9 Å². The summed E-state index contributed by atoms with van der Waals surface area (Å²) in [5.74, 6) is -7.80. The molecule has 0 amide bonds. The van der Waals surface area contributed by atoms with Crippen LogP contribution in [0.2, 0.25) is 0 Å². The van der Waals surface area contributed by atoms with Gasteiger partial charge in [0, 0.05) is 45.8 Å². The van der Waals surface area contributed by atoms with Crippen LogP contribution in [0.25, 0.3) is 11.1 Å². The first-order chi connectivity index (χ1) is 26.9. The van der Waals surface area contributed by atoms with E-state index in [4.69, 9.17) is 23.9 Å². The summed E-state index contributed by atoms with van der Waals surface area (Å²) in [4.78, 5) is 63.3. The number of aromatic nitrogens is 2. The minimum Gasteiger partial charge on any atom is -0.492 e. The van der Waals surface area contributed by atoms with E-state index in [1.165, 1.54) is 54.6 Å². The molecule has 0 spiro atoms. The third kappa shape index (κ3) is 6.98. The Hall–Kier alpha value is -8.18. The van der Waals surface area contributed by atoms with E-state index in [1.807, 2.05) is 12.1 Å². The van der Waals surface area contributed by atoms with Crippen molar-refractivity contribution in [2.24, 2.45) is 0 Å². The zero-order valence-corrected chi connectivity index (χ0v) is 29.2. The second-order valence-electron chi connectivity index (χ2n) is 11.7. The molecule has 0 saturated carbocycles. The Morgan fingerprint density at radius 1 is 0.714 bits per heavy atom. The van der Waals surface area contributed by atoms with E-state index >= 15 is 0 Å². The summed E-state index contributed by atoms with van der Waals surface area (Å²) >= 11 is 0. The molecule has 0 radical (unpaired) electrons. The fraction of sp³-hybridized carbons (Fsp3) is 0.128. The number of aromatic hydroxyl groups is 4. The van der Waals surface area contributed by atoms with Gasteiger partial charge in [-0.25, -0.2) is 14.4 Å². The fourth-order valence-corrected chi connectivity index (χ4v) is 5.77. The number of benzene rings is 3. The standard InChI is InChI=1S/C39H28N4O13/c1-3-52-37(49)27(18-40)20-5-9-24-29(16-20)54-30-17-21(28(19-41)38(50)53-4-2)6-10-25(30)35(24)26-15-22(36(48)55-42-31(44)11-12-32(42)45)7-8-23(26)39(51)56-43-33(46)13-14-34(43)47/h5-17,27,44-47H,3-4H2,1-2H3. The van der Waals surface area contributed by atoms with Crippen LogP contribution in [0, 0.1) is 22.7 Å². The molecule has 5 aromatic rings. The molecule has 282 valence electrons. The highest BCUT2D eigenvalue weighted by atomic mass is 16.7. The number of hydrogen-bond donors (Lipinski definition) is 4. The van der Waals surface area contributed by atoms with Gasteiger partial charge in [-0.05, 0) is 61.4 Å². The van der Waals surface area contributed by atoms with Gasteiger partial charge in [-0.2, -0.15) is 10.5 Å². The van der Waals surface area contributed by atoms with Crippen molar-refractivity contribution in [1.29, 1.82) is 10.5 Å². The molecule has 1 aliphatic heterocycles. The molecule has 56 heavy (non-hydrogen) atoms. The van der Waals surface area contributed by atoms with Gasteiger partial charge in [0.25, 0.3) is 0 Å². The maximum absolute atomic E-state index is 13.9. The lowest BCUT2D eigenvalue weighted by molar-refractivity contribution is -0.143. The molecule has 3 heterocycles. The molecule has 0 aliphatic carbocycles. The van der Waals surface area contributed by atoms with Crippen molar-refractivity contribution in [3.63, 3.8) is 0 Å². The molecule has 0 fully saturated rings. The van der Waals surface area contributed by atoms with Gasteiger partial charge >= 0.3 is 23.9 Å². The molecule has 1 unspecified atom stereocenters. The van der Waals surface area contributed by atoms with Crippen molar-refractivity contribution >= 4 is 35.0 Å². The second-order valence-corrected chi connectivity index (χ2v) is 11.7. The molecule has 6 rings (SSSR count). The predicted octanol–water partition coefficient (Wildman–Crippen LogP) is 2.41. The molecule has 1 aliphatic rings. The van der Waals surface area contributed by atoms with Gasteiger partial charge in [0.05, 0.1) is 30.4 Å². The fourth-order valence-electron chi connectivity index (χ4n) is 5.77. The quantitative estimate of drug-likeness (QED) is 0.146. The first-order valence-corrected chi connectivity index (χ1v) is 16.5. The Balaban J connectivity index is 1.64. The molecular formula is C39H28N4O13. The summed E-state index contributed by atoms with van der Waals surface area (Å²) in [5, 5.41) is 60.7. The molecule has 17 nitrogen and oxygen atoms in total. The number of nitriles is 2. The third-order valence-corrected chi connectivity index (χ3v) is 8.30. The van der Waals surface area contributed by atoms with E-state index in [2.05, 4.69) is 0 Å². The van der Waals surface area contributed by atoms with Crippen LogP contribution in [0.1, 0.15) is 57.2 Å². The number of fused-ring (bicyclic) bond motifs is 2.